The first kappa shape index (κ1) is 16.7. The summed E-state index contributed by atoms with van der Waals surface area (Å²) >= 11 is 0. The molecule has 134 valence electrons. The smallest absolute Gasteiger partial charge is 0.197 e. The fraction of sp³-hybridized carbons (Fsp3) is 0.286. The molecule has 0 amide bonds. The normalized spacial score (nSPS) is 15.4. The van der Waals surface area contributed by atoms with Gasteiger partial charge in [-0.25, -0.2) is 0 Å². The van der Waals surface area contributed by atoms with Crippen molar-refractivity contribution in [3.05, 3.63) is 57.7 Å². The fourth-order valence-corrected chi connectivity index (χ4v) is 3.81. The predicted molar refractivity (Wildman–Crippen MR) is 101 cm³/mol. The summed E-state index contributed by atoms with van der Waals surface area (Å²) in [5, 5.41) is 24.2. The summed E-state index contributed by atoms with van der Waals surface area (Å²) in [5.74, 6) is 0.252. The van der Waals surface area contributed by atoms with Crippen LogP contribution in [0.4, 0.5) is 0 Å². The lowest BCUT2D eigenvalue weighted by Crippen LogP contribution is -2.26. The van der Waals surface area contributed by atoms with Crippen molar-refractivity contribution in [3.8, 4) is 22.8 Å². The van der Waals surface area contributed by atoms with E-state index in [2.05, 4.69) is 5.32 Å². The van der Waals surface area contributed by atoms with E-state index >= 15 is 0 Å². The van der Waals surface area contributed by atoms with E-state index in [1.807, 2.05) is 31.2 Å². The van der Waals surface area contributed by atoms with Crippen molar-refractivity contribution in [2.75, 3.05) is 13.1 Å². The number of piperidine rings is 1. The van der Waals surface area contributed by atoms with E-state index in [0.29, 0.717) is 16.9 Å². The first-order valence-electron chi connectivity index (χ1n) is 8.85. The van der Waals surface area contributed by atoms with Gasteiger partial charge in [0, 0.05) is 23.3 Å². The van der Waals surface area contributed by atoms with Gasteiger partial charge >= 0.3 is 0 Å². The molecule has 26 heavy (non-hydrogen) atoms. The fourth-order valence-electron chi connectivity index (χ4n) is 3.81. The highest BCUT2D eigenvalue weighted by Crippen LogP contribution is 2.41. The van der Waals surface area contributed by atoms with Crippen molar-refractivity contribution in [2.45, 2.75) is 25.7 Å². The number of benzene rings is 2. The van der Waals surface area contributed by atoms with Gasteiger partial charge in [0.2, 0.25) is 0 Å². The second kappa shape index (κ2) is 6.50. The quantitative estimate of drug-likeness (QED) is 0.656. The van der Waals surface area contributed by atoms with E-state index in [1.165, 1.54) is 12.1 Å². The van der Waals surface area contributed by atoms with E-state index in [9.17, 15) is 15.0 Å². The van der Waals surface area contributed by atoms with Crippen molar-refractivity contribution in [1.29, 1.82) is 0 Å². The SMILES string of the molecule is Cc1ccccc1-c1cc(=O)c2c(O)cc(O)c(C3CCNCC3)c2o1. The van der Waals surface area contributed by atoms with Gasteiger partial charge < -0.3 is 19.9 Å². The Balaban J connectivity index is 2.02. The van der Waals surface area contributed by atoms with E-state index in [-0.39, 0.29) is 28.2 Å². The van der Waals surface area contributed by atoms with Crippen molar-refractivity contribution >= 4 is 11.0 Å². The Morgan fingerprint density at radius 3 is 2.54 bits per heavy atom. The molecule has 1 aromatic heterocycles. The number of aromatic hydroxyl groups is 2. The molecular formula is C21H21NO4. The topological polar surface area (TPSA) is 82.7 Å². The molecule has 0 aliphatic carbocycles. The Morgan fingerprint density at radius 1 is 1.08 bits per heavy atom. The van der Waals surface area contributed by atoms with Gasteiger partial charge in [0.25, 0.3) is 0 Å². The van der Waals surface area contributed by atoms with Crippen LogP contribution in [-0.2, 0) is 0 Å². The van der Waals surface area contributed by atoms with E-state index in [1.54, 1.807) is 0 Å². The van der Waals surface area contributed by atoms with Crippen molar-refractivity contribution in [3.63, 3.8) is 0 Å². The number of nitrogens with one attached hydrogen (secondary N) is 1. The van der Waals surface area contributed by atoms with Crippen molar-refractivity contribution in [2.24, 2.45) is 0 Å². The Morgan fingerprint density at radius 2 is 1.81 bits per heavy atom. The molecule has 0 bridgehead atoms. The zero-order valence-corrected chi connectivity index (χ0v) is 14.6. The summed E-state index contributed by atoms with van der Waals surface area (Å²) in [5.41, 5.74) is 2.41. The molecule has 3 N–H and O–H groups in total. The van der Waals surface area contributed by atoms with Crippen LogP contribution in [0.2, 0.25) is 0 Å². The summed E-state index contributed by atoms with van der Waals surface area (Å²) in [4.78, 5) is 12.7. The number of aryl methyl sites for hydroxylation is 1. The minimum atomic E-state index is -0.308. The zero-order chi connectivity index (χ0) is 18.3. The summed E-state index contributed by atoms with van der Waals surface area (Å²) in [7, 11) is 0. The summed E-state index contributed by atoms with van der Waals surface area (Å²) in [6, 6.07) is 10.3. The van der Waals surface area contributed by atoms with Gasteiger partial charge in [0.1, 0.15) is 28.2 Å². The number of hydrogen-bond acceptors (Lipinski definition) is 5. The highest BCUT2D eigenvalue weighted by molar-refractivity contribution is 5.89. The van der Waals surface area contributed by atoms with E-state index < -0.39 is 0 Å². The maximum absolute atomic E-state index is 12.7. The molecule has 2 heterocycles. The van der Waals surface area contributed by atoms with Crippen molar-refractivity contribution in [1.82, 2.24) is 5.32 Å². The van der Waals surface area contributed by atoms with Gasteiger partial charge in [0.15, 0.2) is 5.43 Å². The lowest BCUT2D eigenvalue weighted by molar-refractivity contribution is 0.415. The second-order valence-electron chi connectivity index (χ2n) is 6.85. The number of phenols is 2. The monoisotopic (exact) mass is 351 g/mol. The van der Waals surface area contributed by atoms with Crippen molar-refractivity contribution < 1.29 is 14.6 Å². The highest BCUT2D eigenvalue weighted by Gasteiger charge is 2.25. The molecule has 1 aliphatic heterocycles. The highest BCUT2D eigenvalue weighted by atomic mass is 16.3. The van der Waals surface area contributed by atoms with E-state index in [4.69, 9.17) is 4.42 Å². The average molecular weight is 351 g/mol. The second-order valence-corrected chi connectivity index (χ2v) is 6.85. The molecule has 1 aliphatic rings. The predicted octanol–water partition coefficient (Wildman–Crippen LogP) is 3.65. The number of hydrogen-bond donors (Lipinski definition) is 3. The van der Waals surface area contributed by atoms with Gasteiger partial charge in [-0.3, -0.25) is 4.79 Å². The first-order chi connectivity index (χ1) is 12.6. The lowest BCUT2D eigenvalue weighted by Gasteiger charge is -2.24. The Labute approximate surface area is 150 Å². The Hall–Kier alpha value is -2.79. The minimum absolute atomic E-state index is 0.0213. The third-order valence-corrected chi connectivity index (χ3v) is 5.16. The van der Waals surface area contributed by atoms with E-state index in [0.717, 1.165) is 37.1 Å². The third-order valence-electron chi connectivity index (χ3n) is 5.16. The van der Waals surface area contributed by atoms with Gasteiger partial charge in [-0.1, -0.05) is 24.3 Å². The van der Waals surface area contributed by atoms with Crippen LogP contribution >= 0.6 is 0 Å². The molecule has 0 radical (unpaired) electrons. The van der Waals surface area contributed by atoms with Crippen LogP contribution in [0.5, 0.6) is 11.5 Å². The molecule has 0 spiro atoms. The molecule has 5 nitrogen and oxygen atoms in total. The molecule has 5 heteroatoms. The van der Waals surface area contributed by atoms with Crippen LogP contribution in [0.3, 0.4) is 0 Å². The summed E-state index contributed by atoms with van der Waals surface area (Å²) < 4.78 is 6.12. The van der Waals surface area contributed by atoms with Crippen LogP contribution in [0.25, 0.3) is 22.3 Å². The van der Waals surface area contributed by atoms with Gasteiger partial charge in [-0.05, 0) is 44.3 Å². The van der Waals surface area contributed by atoms with Gasteiger partial charge in [-0.15, -0.1) is 0 Å². The average Bonchev–Trinajstić information content (AvgIpc) is 2.62. The number of phenolic OH excluding ortho intramolecular Hbond substituents is 2. The molecule has 0 saturated carbocycles. The van der Waals surface area contributed by atoms with Crippen LogP contribution < -0.4 is 10.7 Å². The lowest BCUT2D eigenvalue weighted by atomic mass is 9.88. The van der Waals surface area contributed by atoms with Crippen LogP contribution in [0, 0.1) is 6.92 Å². The summed E-state index contributed by atoms with van der Waals surface area (Å²) in [6.07, 6.45) is 1.68. The van der Waals surface area contributed by atoms with Crippen LogP contribution in [-0.4, -0.2) is 23.3 Å². The maximum atomic E-state index is 12.7. The molecule has 3 aromatic rings. The molecule has 0 atom stereocenters. The molecule has 4 rings (SSSR count). The van der Waals surface area contributed by atoms with Gasteiger partial charge in [-0.2, -0.15) is 0 Å². The van der Waals surface area contributed by atoms with Gasteiger partial charge in [0.05, 0.1) is 0 Å². The zero-order valence-electron chi connectivity index (χ0n) is 14.6. The summed E-state index contributed by atoms with van der Waals surface area (Å²) in [6.45, 7) is 3.63. The largest absolute Gasteiger partial charge is 0.507 e. The van der Waals surface area contributed by atoms with Crippen LogP contribution in [0.15, 0.2) is 45.6 Å². The third kappa shape index (κ3) is 2.74. The number of fused-ring (bicyclic) bond motifs is 1. The Kier molecular flexibility index (Phi) is 4.17. The maximum Gasteiger partial charge on any atom is 0.197 e. The molecule has 1 saturated heterocycles. The standard InChI is InChI=1S/C21H21NO4/c1-12-4-2-3-5-14(12)18-11-17(25)20-16(24)10-15(23)19(21(20)26-18)13-6-8-22-9-7-13/h2-5,10-11,13,22-24H,6-9H2,1H3. The first-order valence-corrected chi connectivity index (χ1v) is 8.85. The Bertz CT molecular complexity index is 1030. The minimum Gasteiger partial charge on any atom is -0.507 e. The molecule has 1 fully saturated rings. The molecular weight excluding hydrogens is 330 g/mol. The molecule has 0 unspecified atom stereocenters. The van der Waals surface area contributed by atoms with Crippen LogP contribution in [0.1, 0.15) is 29.9 Å². The molecule has 2 aromatic carbocycles. The number of rotatable bonds is 2.